The van der Waals surface area contributed by atoms with Gasteiger partial charge in [-0.15, -0.1) is 0 Å². The number of nitrogens with one attached hydrogen (secondary N) is 1. The summed E-state index contributed by atoms with van der Waals surface area (Å²) in [6.07, 6.45) is 13.9. The van der Waals surface area contributed by atoms with E-state index in [0.717, 1.165) is 0 Å². The maximum Gasteiger partial charge on any atom is 0.317 e. The maximum atomic E-state index is 12.2. The highest BCUT2D eigenvalue weighted by molar-refractivity contribution is 5.74. The molecule has 104 valence electrons. The van der Waals surface area contributed by atoms with Crippen molar-refractivity contribution >= 4 is 6.03 Å². The van der Waals surface area contributed by atoms with Gasteiger partial charge in [0.2, 0.25) is 0 Å². The second kappa shape index (κ2) is 7.01. The smallest absolute Gasteiger partial charge is 0.317 e. The van der Waals surface area contributed by atoms with Crippen LogP contribution >= 0.6 is 0 Å². The van der Waals surface area contributed by atoms with Gasteiger partial charge >= 0.3 is 6.03 Å². The van der Waals surface area contributed by atoms with Crippen LogP contribution in [0.4, 0.5) is 4.79 Å². The summed E-state index contributed by atoms with van der Waals surface area (Å²) in [7, 11) is 1.97. The Balaban J connectivity index is 1.78. The van der Waals surface area contributed by atoms with Gasteiger partial charge in [0, 0.05) is 19.1 Å². The second-order valence-electron chi connectivity index (χ2n) is 6.04. The maximum absolute atomic E-state index is 12.2. The molecule has 0 aromatic heterocycles. The fourth-order valence-corrected chi connectivity index (χ4v) is 3.33. The van der Waals surface area contributed by atoms with Crippen LogP contribution in [0.2, 0.25) is 0 Å². The standard InChI is InChI=1S/C15H28N2O/c1-17(14-11-7-4-8-12-14)15(18)16-13-9-5-2-3-6-10-13/h13-14H,2-12H2,1H3,(H,16,18). The van der Waals surface area contributed by atoms with E-state index in [1.54, 1.807) is 0 Å². The minimum Gasteiger partial charge on any atom is -0.335 e. The van der Waals surface area contributed by atoms with Gasteiger partial charge in [-0.25, -0.2) is 4.79 Å². The van der Waals surface area contributed by atoms with Crippen molar-refractivity contribution in [1.29, 1.82) is 0 Å². The molecule has 0 radical (unpaired) electrons. The van der Waals surface area contributed by atoms with E-state index in [9.17, 15) is 4.79 Å². The minimum atomic E-state index is 0.161. The normalized spacial score (nSPS) is 23.4. The Kier molecular flexibility index (Phi) is 5.33. The Morgan fingerprint density at radius 2 is 1.39 bits per heavy atom. The van der Waals surface area contributed by atoms with E-state index < -0.39 is 0 Å². The summed E-state index contributed by atoms with van der Waals surface area (Å²) in [6, 6.07) is 1.06. The van der Waals surface area contributed by atoms with Crippen molar-refractivity contribution in [2.45, 2.75) is 82.7 Å². The lowest BCUT2D eigenvalue weighted by Gasteiger charge is -2.32. The Morgan fingerprint density at radius 1 is 0.889 bits per heavy atom. The van der Waals surface area contributed by atoms with Gasteiger partial charge in [0.05, 0.1) is 0 Å². The summed E-state index contributed by atoms with van der Waals surface area (Å²) in [5.41, 5.74) is 0. The molecule has 2 fully saturated rings. The van der Waals surface area contributed by atoms with E-state index in [2.05, 4.69) is 5.32 Å². The second-order valence-corrected chi connectivity index (χ2v) is 6.04. The molecular formula is C15H28N2O. The molecular weight excluding hydrogens is 224 g/mol. The fraction of sp³-hybridized carbons (Fsp3) is 0.933. The zero-order valence-corrected chi connectivity index (χ0v) is 11.8. The summed E-state index contributed by atoms with van der Waals surface area (Å²) in [4.78, 5) is 14.2. The average Bonchev–Trinajstić information content (AvgIpc) is 2.67. The van der Waals surface area contributed by atoms with Crippen molar-refractivity contribution in [2.75, 3.05) is 7.05 Å². The molecule has 2 aliphatic rings. The predicted octanol–water partition coefficient (Wildman–Crippen LogP) is 3.68. The minimum absolute atomic E-state index is 0.161. The van der Waals surface area contributed by atoms with E-state index in [4.69, 9.17) is 0 Å². The molecule has 0 saturated heterocycles. The number of urea groups is 1. The quantitative estimate of drug-likeness (QED) is 0.747. The van der Waals surface area contributed by atoms with Crippen molar-refractivity contribution in [3.63, 3.8) is 0 Å². The SMILES string of the molecule is CN(C(=O)NC1CCCCCC1)C1CCCCC1. The topological polar surface area (TPSA) is 32.3 Å². The number of carbonyl (C=O) groups excluding carboxylic acids is 1. The molecule has 0 aliphatic heterocycles. The van der Waals surface area contributed by atoms with Gasteiger partial charge in [-0.3, -0.25) is 0 Å². The van der Waals surface area contributed by atoms with Crippen LogP contribution in [0.1, 0.15) is 70.6 Å². The Hall–Kier alpha value is -0.730. The first-order valence-corrected chi connectivity index (χ1v) is 7.80. The highest BCUT2D eigenvalue weighted by atomic mass is 16.2. The molecule has 1 N–H and O–H groups in total. The van der Waals surface area contributed by atoms with Gasteiger partial charge < -0.3 is 10.2 Å². The zero-order chi connectivity index (χ0) is 12.8. The van der Waals surface area contributed by atoms with Gasteiger partial charge in [0.15, 0.2) is 0 Å². The lowest BCUT2D eigenvalue weighted by atomic mass is 9.95. The molecule has 2 rings (SSSR count). The summed E-state index contributed by atoms with van der Waals surface area (Å²) in [5.74, 6) is 0. The molecule has 0 spiro atoms. The van der Waals surface area contributed by atoms with Crippen molar-refractivity contribution in [1.82, 2.24) is 10.2 Å². The van der Waals surface area contributed by atoms with E-state index in [0.29, 0.717) is 12.1 Å². The Morgan fingerprint density at radius 3 is 2.00 bits per heavy atom. The van der Waals surface area contributed by atoms with E-state index in [1.165, 1.54) is 70.6 Å². The molecule has 2 aliphatic carbocycles. The fourth-order valence-electron chi connectivity index (χ4n) is 3.33. The van der Waals surface area contributed by atoms with Crippen LogP contribution in [0.3, 0.4) is 0 Å². The number of hydrogen-bond donors (Lipinski definition) is 1. The van der Waals surface area contributed by atoms with Gasteiger partial charge in [-0.1, -0.05) is 44.9 Å². The number of amides is 2. The van der Waals surface area contributed by atoms with Crippen molar-refractivity contribution in [2.24, 2.45) is 0 Å². The van der Waals surface area contributed by atoms with Crippen molar-refractivity contribution < 1.29 is 4.79 Å². The first kappa shape index (κ1) is 13.7. The van der Waals surface area contributed by atoms with Crippen LogP contribution in [-0.2, 0) is 0 Å². The predicted molar refractivity (Wildman–Crippen MR) is 74.7 cm³/mol. The van der Waals surface area contributed by atoms with Crippen molar-refractivity contribution in [3.05, 3.63) is 0 Å². The van der Waals surface area contributed by atoms with Gasteiger partial charge in [-0.2, -0.15) is 0 Å². The largest absolute Gasteiger partial charge is 0.335 e. The molecule has 2 saturated carbocycles. The summed E-state index contributed by atoms with van der Waals surface area (Å²) >= 11 is 0. The monoisotopic (exact) mass is 252 g/mol. The molecule has 0 unspecified atom stereocenters. The van der Waals surface area contributed by atoms with Gasteiger partial charge in [0.25, 0.3) is 0 Å². The summed E-state index contributed by atoms with van der Waals surface area (Å²) < 4.78 is 0. The first-order chi connectivity index (χ1) is 8.77. The van der Waals surface area contributed by atoms with E-state index in [1.807, 2.05) is 11.9 Å². The summed E-state index contributed by atoms with van der Waals surface area (Å²) in [5, 5.41) is 3.24. The van der Waals surface area contributed by atoms with Crippen molar-refractivity contribution in [3.8, 4) is 0 Å². The van der Waals surface area contributed by atoms with Crippen LogP contribution < -0.4 is 5.32 Å². The van der Waals surface area contributed by atoms with Crippen LogP contribution in [0.15, 0.2) is 0 Å². The highest BCUT2D eigenvalue weighted by Gasteiger charge is 2.23. The van der Waals surface area contributed by atoms with Gasteiger partial charge in [0.1, 0.15) is 0 Å². The highest BCUT2D eigenvalue weighted by Crippen LogP contribution is 2.22. The third-order valence-electron chi connectivity index (χ3n) is 4.63. The Labute approximate surface area is 111 Å². The molecule has 0 atom stereocenters. The molecule has 0 aromatic rings. The number of hydrogen-bond acceptors (Lipinski definition) is 1. The van der Waals surface area contributed by atoms with Crippen LogP contribution in [0.25, 0.3) is 0 Å². The molecule has 0 aromatic carbocycles. The van der Waals surface area contributed by atoms with E-state index >= 15 is 0 Å². The van der Waals surface area contributed by atoms with Crippen LogP contribution in [0.5, 0.6) is 0 Å². The third-order valence-corrected chi connectivity index (χ3v) is 4.63. The number of nitrogens with zero attached hydrogens (tertiary/aromatic N) is 1. The van der Waals surface area contributed by atoms with Crippen LogP contribution in [-0.4, -0.2) is 30.1 Å². The van der Waals surface area contributed by atoms with Gasteiger partial charge in [-0.05, 0) is 25.7 Å². The Bertz CT molecular complexity index is 253. The molecule has 0 heterocycles. The number of carbonyl (C=O) groups is 1. The molecule has 18 heavy (non-hydrogen) atoms. The molecule has 0 bridgehead atoms. The number of rotatable bonds is 2. The molecule has 3 nitrogen and oxygen atoms in total. The zero-order valence-electron chi connectivity index (χ0n) is 11.8. The molecule has 3 heteroatoms. The first-order valence-electron chi connectivity index (χ1n) is 7.80. The third kappa shape index (κ3) is 3.89. The van der Waals surface area contributed by atoms with Crippen LogP contribution in [0, 0.1) is 0 Å². The lowest BCUT2D eigenvalue weighted by Crippen LogP contribution is -2.47. The molecule has 2 amide bonds. The lowest BCUT2D eigenvalue weighted by molar-refractivity contribution is 0.169. The summed E-state index contributed by atoms with van der Waals surface area (Å²) in [6.45, 7) is 0. The average molecular weight is 252 g/mol. The van der Waals surface area contributed by atoms with E-state index in [-0.39, 0.29) is 6.03 Å².